The van der Waals surface area contributed by atoms with Crippen LogP contribution in [0.1, 0.15) is 36.8 Å². The van der Waals surface area contributed by atoms with E-state index in [1.165, 1.54) is 23.1 Å². The number of hydrogen-bond acceptors (Lipinski definition) is 4. The molecule has 6 nitrogen and oxygen atoms in total. The quantitative estimate of drug-likeness (QED) is 0.685. The summed E-state index contributed by atoms with van der Waals surface area (Å²) in [7, 11) is -1.95. The fraction of sp³-hybridized carbons (Fsp3) is 0.409. The van der Waals surface area contributed by atoms with Crippen LogP contribution in [0.5, 0.6) is 5.75 Å². The molecule has 0 heterocycles. The summed E-state index contributed by atoms with van der Waals surface area (Å²) < 4.78 is 33.4. The van der Waals surface area contributed by atoms with Gasteiger partial charge < -0.3 is 9.64 Å². The number of rotatable bonds is 7. The van der Waals surface area contributed by atoms with Crippen molar-refractivity contribution in [3.05, 3.63) is 52.5 Å². The van der Waals surface area contributed by atoms with Crippen LogP contribution in [-0.4, -0.2) is 34.0 Å². The standard InChI is InChI=1S/C22H27ClN2O4S/c1-15-8-9-18(12-16(15)2)25(3)22(26)14-29-21-11-10-19(13-20(21)23)30(27,28)24-17-6-4-5-7-17/h8-13,17,24H,4-7,14H2,1-3H3. The molecule has 2 aromatic rings. The Morgan fingerprint density at radius 3 is 2.47 bits per heavy atom. The summed E-state index contributed by atoms with van der Waals surface area (Å²) in [4.78, 5) is 14.1. The minimum Gasteiger partial charge on any atom is -0.482 e. The lowest BCUT2D eigenvalue weighted by Crippen LogP contribution is -2.32. The molecule has 0 unspecified atom stereocenters. The van der Waals surface area contributed by atoms with Crippen LogP contribution in [0.15, 0.2) is 41.3 Å². The number of carbonyl (C=O) groups is 1. The minimum absolute atomic E-state index is 0.0247. The molecule has 8 heteroatoms. The lowest BCUT2D eigenvalue weighted by molar-refractivity contribution is -0.120. The van der Waals surface area contributed by atoms with Gasteiger partial charge in [-0.25, -0.2) is 13.1 Å². The van der Waals surface area contributed by atoms with Gasteiger partial charge in [0.1, 0.15) is 5.75 Å². The van der Waals surface area contributed by atoms with Gasteiger partial charge in [0, 0.05) is 18.8 Å². The average Bonchev–Trinajstić information content (AvgIpc) is 3.20. The van der Waals surface area contributed by atoms with Crippen molar-refractivity contribution >= 4 is 33.2 Å². The van der Waals surface area contributed by atoms with E-state index in [0.717, 1.165) is 42.5 Å². The largest absolute Gasteiger partial charge is 0.482 e. The summed E-state index contributed by atoms with van der Waals surface area (Å²) in [6, 6.07) is 10.0. The van der Waals surface area contributed by atoms with E-state index in [-0.39, 0.29) is 34.2 Å². The van der Waals surface area contributed by atoms with Gasteiger partial charge in [0.15, 0.2) is 6.61 Å². The van der Waals surface area contributed by atoms with E-state index in [1.807, 2.05) is 32.0 Å². The molecule has 1 aliphatic rings. The first-order valence-electron chi connectivity index (χ1n) is 9.96. The molecule has 1 aliphatic carbocycles. The highest BCUT2D eigenvalue weighted by Gasteiger charge is 2.23. The number of benzene rings is 2. The predicted molar refractivity (Wildman–Crippen MR) is 119 cm³/mol. The monoisotopic (exact) mass is 450 g/mol. The third kappa shape index (κ3) is 5.33. The molecule has 3 rings (SSSR count). The summed E-state index contributed by atoms with van der Waals surface area (Å²) >= 11 is 6.23. The number of sulfonamides is 1. The van der Waals surface area contributed by atoms with Crippen LogP contribution < -0.4 is 14.4 Å². The van der Waals surface area contributed by atoms with Crippen LogP contribution in [0.3, 0.4) is 0 Å². The number of hydrogen-bond donors (Lipinski definition) is 1. The fourth-order valence-electron chi connectivity index (χ4n) is 3.41. The van der Waals surface area contributed by atoms with Crippen LogP contribution in [0, 0.1) is 13.8 Å². The van der Waals surface area contributed by atoms with Gasteiger partial charge in [-0.2, -0.15) is 0 Å². The molecule has 0 aliphatic heterocycles. The minimum atomic E-state index is -3.64. The molecular weight excluding hydrogens is 424 g/mol. The molecule has 0 spiro atoms. The SMILES string of the molecule is Cc1ccc(N(C)C(=O)COc2ccc(S(=O)(=O)NC3CCCC3)cc2Cl)cc1C. The Kier molecular flexibility index (Phi) is 7.06. The third-order valence-corrected chi connectivity index (χ3v) is 7.31. The smallest absolute Gasteiger partial charge is 0.264 e. The van der Waals surface area contributed by atoms with Crippen molar-refractivity contribution in [3.8, 4) is 5.75 Å². The predicted octanol–water partition coefficient (Wildman–Crippen LogP) is 4.22. The Balaban J connectivity index is 1.64. The number of carbonyl (C=O) groups excluding carboxylic acids is 1. The van der Waals surface area contributed by atoms with Gasteiger partial charge in [-0.05, 0) is 68.1 Å². The Labute approximate surface area is 183 Å². The summed E-state index contributed by atoms with van der Waals surface area (Å²) in [5.41, 5.74) is 3.02. The number of likely N-dealkylation sites (N-methyl/N-ethyl adjacent to an activating group) is 1. The maximum atomic E-state index is 12.5. The molecule has 1 saturated carbocycles. The molecular formula is C22H27ClN2O4S. The van der Waals surface area contributed by atoms with Crippen LogP contribution in [0.2, 0.25) is 5.02 Å². The topological polar surface area (TPSA) is 75.7 Å². The van der Waals surface area contributed by atoms with Crippen molar-refractivity contribution in [2.45, 2.75) is 50.5 Å². The number of nitrogens with one attached hydrogen (secondary N) is 1. The van der Waals surface area contributed by atoms with Crippen molar-refractivity contribution in [1.82, 2.24) is 4.72 Å². The Morgan fingerprint density at radius 1 is 1.13 bits per heavy atom. The third-order valence-electron chi connectivity index (χ3n) is 5.49. The van der Waals surface area contributed by atoms with Gasteiger partial charge in [0.05, 0.1) is 9.92 Å². The van der Waals surface area contributed by atoms with Gasteiger partial charge in [0.25, 0.3) is 5.91 Å². The van der Waals surface area contributed by atoms with Crippen LogP contribution >= 0.6 is 11.6 Å². The maximum Gasteiger partial charge on any atom is 0.264 e. The van der Waals surface area contributed by atoms with E-state index in [4.69, 9.17) is 16.3 Å². The van der Waals surface area contributed by atoms with Crippen molar-refractivity contribution < 1.29 is 17.9 Å². The molecule has 0 saturated heterocycles. The zero-order valence-corrected chi connectivity index (χ0v) is 19.0. The summed E-state index contributed by atoms with van der Waals surface area (Å²) in [6.07, 6.45) is 3.77. The first-order valence-corrected chi connectivity index (χ1v) is 11.8. The lowest BCUT2D eigenvalue weighted by Gasteiger charge is -2.19. The number of nitrogens with zero attached hydrogens (tertiary/aromatic N) is 1. The van der Waals surface area contributed by atoms with Crippen LogP contribution in [0.25, 0.3) is 0 Å². The Morgan fingerprint density at radius 2 is 1.83 bits per heavy atom. The second-order valence-electron chi connectivity index (χ2n) is 7.70. The number of amides is 1. The molecule has 0 aromatic heterocycles. The van der Waals surface area contributed by atoms with Gasteiger partial charge >= 0.3 is 0 Å². The molecule has 0 atom stereocenters. The van der Waals surface area contributed by atoms with Crippen molar-refractivity contribution in [3.63, 3.8) is 0 Å². The highest BCUT2D eigenvalue weighted by molar-refractivity contribution is 7.89. The number of aryl methyl sites for hydroxylation is 2. The van der Waals surface area contributed by atoms with Crippen LogP contribution in [-0.2, 0) is 14.8 Å². The molecule has 1 N–H and O–H groups in total. The van der Waals surface area contributed by atoms with E-state index >= 15 is 0 Å². The van der Waals surface area contributed by atoms with E-state index in [1.54, 1.807) is 7.05 Å². The van der Waals surface area contributed by atoms with Gasteiger partial charge in [-0.3, -0.25) is 4.79 Å². The highest BCUT2D eigenvalue weighted by atomic mass is 35.5. The summed E-state index contributed by atoms with van der Waals surface area (Å²) in [5.74, 6) is 0.0206. The van der Waals surface area contributed by atoms with E-state index < -0.39 is 10.0 Å². The van der Waals surface area contributed by atoms with E-state index in [9.17, 15) is 13.2 Å². The van der Waals surface area contributed by atoms with Gasteiger partial charge in [0.2, 0.25) is 10.0 Å². The number of anilines is 1. The first kappa shape index (κ1) is 22.6. The molecule has 30 heavy (non-hydrogen) atoms. The second kappa shape index (κ2) is 9.37. The van der Waals surface area contributed by atoms with Gasteiger partial charge in [-0.1, -0.05) is 30.5 Å². The van der Waals surface area contributed by atoms with E-state index in [2.05, 4.69) is 4.72 Å². The molecule has 1 amide bonds. The van der Waals surface area contributed by atoms with Gasteiger partial charge in [-0.15, -0.1) is 0 Å². The molecule has 162 valence electrons. The zero-order chi connectivity index (χ0) is 21.9. The van der Waals surface area contributed by atoms with Crippen LogP contribution in [0.4, 0.5) is 5.69 Å². The fourth-order valence-corrected chi connectivity index (χ4v) is 5.04. The summed E-state index contributed by atoms with van der Waals surface area (Å²) in [6.45, 7) is 3.79. The highest BCUT2D eigenvalue weighted by Crippen LogP contribution is 2.28. The number of halogens is 1. The Hall–Kier alpha value is -2.09. The first-order chi connectivity index (χ1) is 14.2. The molecule has 0 radical (unpaired) electrons. The second-order valence-corrected chi connectivity index (χ2v) is 9.83. The molecule has 2 aromatic carbocycles. The van der Waals surface area contributed by atoms with E-state index in [0.29, 0.717) is 0 Å². The Bertz CT molecular complexity index is 1030. The maximum absolute atomic E-state index is 12.5. The zero-order valence-electron chi connectivity index (χ0n) is 17.4. The summed E-state index contributed by atoms with van der Waals surface area (Å²) in [5, 5.41) is 0.144. The van der Waals surface area contributed by atoms with Crippen molar-refractivity contribution in [1.29, 1.82) is 0 Å². The lowest BCUT2D eigenvalue weighted by atomic mass is 10.1. The molecule has 1 fully saturated rings. The number of ether oxygens (including phenoxy) is 1. The average molecular weight is 451 g/mol. The molecule has 0 bridgehead atoms. The normalized spacial score (nSPS) is 14.7. The van der Waals surface area contributed by atoms with Crippen molar-refractivity contribution in [2.24, 2.45) is 0 Å². The van der Waals surface area contributed by atoms with Crippen molar-refractivity contribution in [2.75, 3.05) is 18.6 Å².